The van der Waals surface area contributed by atoms with Crippen molar-refractivity contribution >= 4 is 11.6 Å². The van der Waals surface area contributed by atoms with Crippen LogP contribution in [-0.4, -0.2) is 10.9 Å². The summed E-state index contributed by atoms with van der Waals surface area (Å²) in [6, 6.07) is 11.7. The van der Waals surface area contributed by atoms with E-state index in [4.69, 9.17) is 0 Å². The predicted molar refractivity (Wildman–Crippen MR) is 83.9 cm³/mol. The van der Waals surface area contributed by atoms with Crippen LogP contribution in [0.25, 0.3) is 11.3 Å². The first kappa shape index (κ1) is 15.7. The maximum Gasteiger partial charge on any atom is 0.257 e. The van der Waals surface area contributed by atoms with Gasteiger partial charge in [0.05, 0.1) is 11.3 Å². The van der Waals surface area contributed by atoms with Crippen LogP contribution in [0.2, 0.25) is 0 Å². The predicted octanol–water partition coefficient (Wildman–Crippen LogP) is 4.42. The van der Waals surface area contributed by atoms with Crippen molar-refractivity contribution in [1.82, 2.24) is 4.98 Å². The molecule has 3 nitrogen and oxygen atoms in total. The second kappa shape index (κ2) is 6.54. The van der Waals surface area contributed by atoms with E-state index in [0.29, 0.717) is 17.3 Å². The number of amides is 1. The van der Waals surface area contributed by atoms with Crippen molar-refractivity contribution in [2.75, 3.05) is 5.32 Å². The number of hydrogen-bond donors (Lipinski definition) is 1. The Kier molecular flexibility index (Phi) is 4.29. The van der Waals surface area contributed by atoms with Gasteiger partial charge in [-0.05, 0) is 48.5 Å². The second-order valence-corrected chi connectivity index (χ2v) is 5.05. The molecular weight excluding hydrogens is 317 g/mol. The van der Waals surface area contributed by atoms with Crippen LogP contribution in [0.5, 0.6) is 0 Å². The largest absolute Gasteiger partial charge is 0.322 e. The standard InChI is InChI=1S/C18H11F3N2O/c19-13-4-1-11(2-5-13)17-6-3-12(10-22-17)18(24)23-16-8-14(20)7-15(21)9-16/h1-10H,(H,23,24). The minimum absolute atomic E-state index is 0.0140. The monoisotopic (exact) mass is 328 g/mol. The van der Waals surface area contributed by atoms with E-state index >= 15 is 0 Å². The molecule has 1 amide bonds. The summed E-state index contributed by atoms with van der Waals surface area (Å²) in [4.78, 5) is 16.2. The number of halogens is 3. The summed E-state index contributed by atoms with van der Waals surface area (Å²) >= 11 is 0. The van der Waals surface area contributed by atoms with E-state index in [-0.39, 0.29) is 17.1 Å². The van der Waals surface area contributed by atoms with Gasteiger partial charge in [0.25, 0.3) is 5.91 Å². The average molecular weight is 328 g/mol. The van der Waals surface area contributed by atoms with E-state index < -0.39 is 17.5 Å². The normalized spacial score (nSPS) is 10.5. The molecule has 120 valence electrons. The lowest BCUT2D eigenvalue weighted by atomic mass is 10.1. The lowest BCUT2D eigenvalue weighted by molar-refractivity contribution is 0.102. The molecule has 6 heteroatoms. The fourth-order valence-electron chi connectivity index (χ4n) is 2.15. The van der Waals surface area contributed by atoms with Crippen molar-refractivity contribution in [3.05, 3.63) is 83.8 Å². The number of nitrogens with zero attached hydrogens (tertiary/aromatic N) is 1. The van der Waals surface area contributed by atoms with Crippen LogP contribution in [0.1, 0.15) is 10.4 Å². The molecule has 0 bridgehead atoms. The number of hydrogen-bond acceptors (Lipinski definition) is 2. The third kappa shape index (κ3) is 3.60. The number of benzene rings is 2. The molecule has 3 rings (SSSR count). The van der Waals surface area contributed by atoms with Crippen LogP contribution >= 0.6 is 0 Å². The zero-order chi connectivity index (χ0) is 17.1. The SMILES string of the molecule is O=C(Nc1cc(F)cc(F)c1)c1ccc(-c2ccc(F)cc2)nc1. The number of aromatic nitrogens is 1. The first-order valence-corrected chi connectivity index (χ1v) is 7.01. The molecule has 0 radical (unpaired) electrons. The van der Waals surface area contributed by atoms with Crippen molar-refractivity contribution in [3.63, 3.8) is 0 Å². The molecular formula is C18H11F3N2O. The molecule has 0 spiro atoms. The second-order valence-electron chi connectivity index (χ2n) is 5.05. The number of carbonyl (C=O) groups excluding carboxylic acids is 1. The number of pyridine rings is 1. The highest BCUT2D eigenvalue weighted by molar-refractivity contribution is 6.04. The molecule has 3 aromatic rings. The maximum atomic E-state index is 13.1. The van der Waals surface area contributed by atoms with Gasteiger partial charge >= 0.3 is 0 Å². The van der Waals surface area contributed by atoms with Gasteiger partial charge in [0.2, 0.25) is 0 Å². The van der Waals surface area contributed by atoms with Gasteiger partial charge < -0.3 is 5.32 Å². The number of carbonyl (C=O) groups is 1. The van der Waals surface area contributed by atoms with Crippen molar-refractivity contribution in [1.29, 1.82) is 0 Å². The quantitative estimate of drug-likeness (QED) is 0.773. The summed E-state index contributed by atoms with van der Waals surface area (Å²) < 4.78 is 39.1. The lowest BCUT2D eigenvalue weighted by Crippen LogP contribution is -2.12. The minimum Gasteiger partial charge on any atom is -0.322 e. The van der Waals surface area contributed by atoms with E-state index in [1.165, 1.54) is 24.4 Å². The average Bonchev–Trinajstić information content (AvgIpc) is 2.55. The van der Waals surface area contributed by atoms with Crippen LogP contribution in [0.15, 0.2) is 60.8 Å². The van der Waals surface area contributed by atoms with E-state index in [9.17, 15) is 18.0 Å². The Bertz CT molecular complexity index is 858. The Hall–Kier alpha value is -3.15. The molecule has 0 unspecified atom stereocenters. The minimum atomic E-state index is -0.782. The van der Waals surface area contributed by atoms with Gasteiger partial charge in [0.1, 0.15) is 17.5 Å². The van der Waals surface area contributed by atoms with E-state index in [2.05, 4.69) is 10.3 Å². The summed E-state index contributed by atoms with van der Waals surface area (Å²) in [7, 11) is 0. The highest BCUT2D eigenvalue weighted by Crippen LogP contribution is 2.18. The van der Waals surface area contributed by atoms with Gasteiger partial charge in [-0.3, -0.25) is 9.78 Å². The van der Waals surface area contributed by atoms with Gasteiger partial charge in [0.15, 0.2) is 0 Å². The summed E-state index contributed by atoms with van der Waals surface area (Å²) in [6.07, 6.45) is 1.34. The topological polar surface area (TPSA) is 42.0 Å². The highest BCUT2D eigenvalue weighted by Gasteiger charge is 2.09. The van der Waals surface area contributed by atoms with Gasteiger partial charge in [-0.1, -0.05) is 0 Å². The molecule has 0 aliphatic heterocycles. The van der Waals surface area contributed by atoms with E-state index in [0.717, 1.165) is 12.1 Å². The van der Waals surface area contributed by atoms with Crippen molar-refractivity contribution in [2.45, 2.75) is 0 Å². The number of rotatable bonds is 3. The van der Waals surface area contributed by atoms with Crippen molar-refractivity contribution in [2.24, 2.45) is 0 Å². The van der Waals surface area contributed by atoms with Crippen molar-refractivity contribution < 1.29 is 18.0 Å². The molecule has 24 heavy (non-hydrogen) atoms. The van der Waals surface area contributed by atoms with Gasteiger partial charge in [-0.25, -0.2) is 13.2 Å². The molecule has 0 saturated carbocycles. The molecule has 0 atom stereocenters. The Labute approximate surface area is 135 Å². The Balaban J connectivity index is 1.77. The van der Waals surface area contributed by atoms with E-state index in [1.807, 2.05) is 0 Å². The highest BCUT2D eigenvalue weighted by atomic mass is 19.1. The molecule has 1 aromatic heterocycles. The Morgan fingerprint density at radius 2 is 1.50 bits per heavy atom. The summed E-state index contributed by atoms with van der Waals surface area (Å²) in [6.45, 7) is 0. The van der Waals surface area contributed by atoms with Gasteiger partial charge in [-0.2, -0.15) is 0 Å². The first-order valence-electron chi connectivity index (χ1n) is 7.01. The van der Waals surface area contributed by atoms with E-state index in [1.54, 1.807) is 18.2 Å². The maximum absolute atomic E-state index is 13.1. The van der Waals surface area contributed by atoms with Crippen LogP contribution < -0.4 is 5.32 Å². The molecule has 1 heterocycles. The van der Waals surface area contributed by atoms with Gasteiger partial charge in [0, 0.05) is 23.5 Å². The molecule has 0 fully saturated rings. The van der Waals surface area contributed by atoms with Crippen molar-refractivity contribution in [3.8, 4) is 11.3 Å². The number of nitrogens with one attached hydrogen (secondary N) is 1. The third-order valence-electron chi connectivity index (χ3n) is 3.29. The first-order chi connectivity index (χ1) is 11.5. The van der Waals surface area contributed by atoms with Crippen LogP contribution in [0.4, 0.5) is 18.9 Å². The summed E-state index contributed by atoms with van der Waals surface area (Å²) in [5.41, 5.74) is 1.52. The molecule has 0 aliphatic rings. The Morgan fingerprint density at radius 1 is 0.833 bits per heavy atom. The fourth-order valence-corrected chi connectivity index (χ4v) is 2.15. The lowest BCUT2D eigenvalue weighted by Gasteiger charge is -2.06. The third-order valence-corrected chi connectivity index (χ3v) is 3.29. The summed E-state index contributed by atoms with van der Waals surface area (Å²) in [5.74, 6) is -2.46. The molecule has 1 N–H and O–H groups in total. The molecule has 0 saturated heterocycles. The van der Waals surface area contributed by atoms with Crippen LogP contribution in [0.3, 0.4) is 0 Å². The molecule has 0 aliphatic carbocycles. The van der Waals surface area contributed by atoms with Crippen LogP contribution in [-0.2, 0) is 0 Å². The number of anilines is 1. The molecule has 2 aromatic carbocycles. The van der Waals surface area contributed by atoms with Gasteiger partial charge in [-0.15, -0.1) is 0 Å². The van der Waals surface area contributed by atoms with Crippen LogP contribution in [0, 0.1) is 17.5 Å². The zero-order valence-corrected chi connectivity index (χ0v) is 12.3. The fraction of sp³-hybridized carbons (Fsp3) is 0. The zero-order valence-electron chi connectivity index (χ0n) is 12.3. The smallest absolute Gasteiger partial charge is 0.257 e. The Morgan fingerprint density at radius 3 is 2.08 bits per heavy atom. The summed E-state index contributed by atoms with van der Waals surface area (Å²) in [5, 5.41) is 2.40.